The second kappa shape index (κ2) is 10.4. The van der Waals surface area contributed by atoms with Crippen molar-refractivity contribution in [1.82, 2.24) is 9.54 Å². The Morgan fingerprint density at radius 3 is 2.52 bits per heavy atom. The summed E-state index contributed by atoms with van der Waals surface area (Å²) in [5.74, 6) is -0.631. The summed E-state index contributed by atoms with van der Waals surface area (Å²) >= 11 is 25.3. The van der Waals surface area contributed by atoms with Crippen LogP contribution in [0.25, 0.3) is 0 Å². The Bertz CT molecular complexity index is 1050. The Morgan fingerprint density at radius 1 is 1.15 bits per heavy atom. The molecule has 2 aromatic rings. The van der Waals surface area contributed by atoms with Crippen molar-refractivity contribution >= 4 is 63.9 Å². The number of hydrogen-bond acceptors (Lipinski definition) is 5. The summed E-state index contributed by atoms with van der Waals surface area (Å²) in [6.45, 7) is 3.14. The minimum absolute atomic E-state index is 0.0441. The van der Waals surface area contributed by atoms with E-state index in [4.69, 9.17) is 56.4 Å². The molecule has 1 fully saturated rings. The van der Waals surface area contributed by atoms with Crippen molar-refractivity contribution in [3.8, 4) is 0 Å². The van der Waals surface area contributed by atoms with E-state index in [9.17, 15) is 4.79 Å². The predicted octanol–water partition coefficient (Wildman–Crippen LogP) is 6.21. The van der Waals surface area contributed by atoms with E-state index in [-0.39, 0.29) is 23.9 Å². The molecule has 2 aliphatic rings. The SMILES string of the molecule is COC[C@@H]1CCCN1N(Cl)C(=O)C1=NN(c2ccc(Cl)cc2Cl)[C@H](c2ccc(Cl)cc2)[C@@H]1C. The van der Waals surface area contributed by atoms with E-state index >= 15 is 0 Å². The lowest BCUT2D eigenvalue weighted by Gasteiger charge is -2.30. The van der Waals surface area contributed by atoms with Crippen molar-refractivity contribution in [3.05, 3.63) is 63.1 Å². The highest BCUT2D eigenvalue weighted by Crippen LogP contribution is 2.43. The van der Waals surface area contributed by atoms with Gasteiger partial charge in [0.1, 0.15) is 5.71 Å². The summed E-state index contributed by atoms with van der Waals surface area (Å²) in [5, 5.41) is 9.92. The van der Waals surface area contributed by atoms with Gasteiger partial charge in [0.15, 0.2) is 0 Å². The van der Waals surface area contributed by atoms with Crippen LogP contribution >= 0.6 is 46.6 Å². The molecule has 10 heteroatoms. The molecule has 1 saturated heterocycles. The van der Waals surface area contributed by atoms with Crippen molar-refractivity contribution in [2.45, 2.75) is 31.8 Å². The number of halogens is 4. The van der Waals surface area contributed by atoms with E-state index in [1.54, 1.807) is 30.3 Å². The number of hydrazone groups is 1. The van der Waals surface area contributed by atoms with Gasteiger partial charge in [-0.25, -0.2) is 0 Å². The zero-order valence-corrected chi connectivity index (χ0v) is 21.2. The fraction of sp³-hybridized carbons (Fsp3) is 0.391. The summed E-state index contributed by atoms with van der Waals surface area (Å²) in [6.07, 6.45) is 1.85. The van der Waals surface area contributed by atoms with E-state index in [0.29, 0.717) is 39.6 Å². The molecule has 6 nitrogen and oxygen atoms in total. The molecular weight excluding hydrogens is 506 g/mol. The van der Waals surface area contributed by atoms with Crippen molar-refractivity contribution in [2.75, 3.05) is 25.3 Å². The highest BCUT2D eigenvalue weighted by atomic mass is 35.5. The molecule has 0 spiro atoms. The van der Waals surface area contributed by atoms with Crippen LogP contribution in [0.1, 0.15) is 31.4 Å². The van der Waals surface area contributed by atoms with Gasteiger partial charge in [0.2, 0.25) is 0 Å². The zero-order valence-electron chi connectivity index (χ0n) is 18.2. The van der Waals surface area contributed by atoms with Crippen molar-refractivity contribution in [3.63, 3.8) is 0 Å². The molecule has 0 unspecified atom stereocenters. The van der Waals surface area contributed by atoms with Gasteiger partial charge in [0.25, 0.3) is 5.91 Å². The maximum Gasteiger partial charge on any atom is 0.299 e. The Hall–Kier alpha value is -1.54. The third-order valence-electron chi connectivity index (χ3n) is 6.07. The van der Waals surface area contributed by atoms with Gasteiger partial charge in [-0.3, -0.25) is 9.80 Å². The fourth-order valence-corrected chi connectivity index (χ4v) is 5.36. The smallest absolute Gasteiger partial charge is 0.299 e. The number of benzene rings is 2. The quantitative estimate of drug-likeness (QED) is 0.417. The first-order valence-electron chi connectivity index (χ1n) is 10.7. The minimum Gasteiger partial charge on any atom is -0.383 e. The van der Waals surface area contributed by atoms with E-state index < -0.39 is 0 Å². The molecule has 2 heterocycles. The Labute approximate surface area is 213 Å². The molecule has 176 valence electrons. The standard InChI is InChI=1S/C23H24Cl4N4O2/c1-14-21(23(32)31(27)29-11-3-4-18(29)13-33-2)28-30(20-10-9-17(25)12-19(20)26)22(14)15-5-7-16(24)8-6-15/h5-10,12,14,18,22H,3-4,11,13H2,1-2H3/t14-,18+,22+/m1/s1. The summed E-state index contributed by atoms with van der Waals surface area (Å²) < 4.78 is 6.47. The maximum atomic E-state index is 13.5. The summed E-state index contributed by atoms with van der Waals surface area (Å²) in [7, 11) is 1.64. The van der Waals surface area contributed by atoms with Gasteiger partial charge in [-0.2, -0.15) is 14.6 Å². The minimum atomic E-state index is -0.362. The number of hydrazine groups is 1. The molecule has 33 heavy (non-hydrogen) atoms. The monoisotopic (exact) mass is 528 g/mol. The topological polar surface area (TPSA) is 48.4 Å². The van der Waals surface area contributed by atoms with E-state index in [2.05, 4.69) is 0 Å². The summed E-state index contributed by atoms with van der Waals surface area (Å²) in [6, 6.07) is 12.5. The Morgan fingerprint density at radius 2 is 1.85 bits per heavy atom. The van der Waals surface area contributed by atoms with Gasteiger partial charge >= 0.3 is 0 Å². The number of ether oxygens (including phenoxy) is 1. The van der Waals surface area contributed by atoms with E-state index in [0.717, 1.165) is 22.9 Å². The molecule has 0 radical (unpaired) electrons. The Balaban J connectivity index is 1.70. The second-order valence-electron chi connectivity index (χ2n) is 8.19. The van der Waals surface area contributed by atoms with Crippen LogP contribution in [0.2, 0.25) is 15.1 Å². The zero-order chi connectivity index (χ0) is 23.7. The molecule has 0 bridgehead atoms. The first kappa shape index (κ1) is 24.6. The fourth-order valence-electron chi connectivity index (χ4n) is 4.45. The lowest BCUT2D eigenvalue weighted by atomic mass is 9.91. The molecule has 1 amide bonds. The number of carbonyl (C=O) groups excluding carboxylic acids is 1. The molecule has 4 rings (SSSR count). The first-order valence-corrected chi connectivity index (χ1v) is 12.1. The van der Waals surface area contributed by atoms with Crippen LogP contribution in [0.3, 0.4) is 0 Å². The molecule has 0 saturated carbocycles. The van der Waals surface area contributed by atoms with E-state index in [1.165, 1.54) is 0 Å². The van der Waals surface area contributed by atoms with Gasteiger partial charge in [-0.15, -0.1) is 0 Å². The highest BCUT2D eigenvalue weighted by molar-refractivity contribution is 6.46. The first-order chi connectivity index (χ1) is 15.8. The van der Waals surface area contributed by atoms with Crippen LogP contribution in [0.15, 0.2) is 47.6 Å². The van der Waals surface area contributed by atoms with Crippen LogP contribution < -0.4 is 5.01 Å². The van der Waals surface area contributed by atoms with Gasteiger partial charge in [-0.1, -0.05) is 53.9 Å². The molecule has 2 aliphatic heterocycles. The van der Waals surface area contributed by atoms with Crippen LogP contribution in [-0.2, 0) is 9.53 Å². The van der Waals surface area contributed by atoms with Crippen LogP contribution in [0.5, 0.6) is 0 Å². The van der Waals surface area contributed by atoms with Gasteiger partial charge in [0, 0.05) is 41.4 Å². The number of rotatable bonds is 6. The van der Waals surface area contributed by atoms with Crippen LogP contribution in [0.4, 0.5) is 5.69 Å². The maximum absolute atomic E-state index is 13.5. The normalized spacial score (nSPS) is 23.2. The molecule has 2 aromatic carbocycles. The van der Waals surface area contributed by atoms with Crippen LogP contribution in [0, 0.1) is 5.92 Å². The number of anilines is 1. The molecule has 0 aliphatic carbocycles. The number of carbonyl (C=O) groups is 1. The van der Waals surface area contributed by atoms with E-state index in [1.807, 2.05) is 36.2 Å². The van der Waals surface area contributed by atoms with Crippen molar-refractivity contribution in [2.24, 2.45) is 11.0 Å². The molecular formula is C23H24Cl4N4O2. The lowest BCUT2D eigenvalue weighted by molar-refractivity contribution is -0.132. The van der Waals surface area contributed by atoms with Gasteiger partial charge in [0.05, 0.1) is 29.4 Å². The third kappa shape index (κ3) is 4.97. The van der Waals surface area contributed by atoms with Gasteiger partial charge in [-0.05, 0) is 48.7 Å². The van der Waals surface area contributed by atoms with Crippen molar-refractivity contribution in [1.29, 1.82) is 0 Å². The molecule has 3 atom stereocenters. The lowest BCUT2D eigenvalue weighted by Crippen LogP contribution is -2.48. The second-order valence-corrected chi connectivity index (χ2v) is 9.79. The summed E-state index contributed by atoms with van der Waals surface area (Å²) in [4.78, 5) is 13.5. The number of amides is 1. The summed E-state index contributed by atoms with van der Waals surface area (Å²) in [5.41, 5.74) is 1.94. The number of methoxy groups -OCH3 is 1. The average molecular weight is 530 g/mol. The van der Waals surface area contributed by atoms with Crippen molar-refractivity contribution < 1.29 is 9.53 Å². The van der Waals surface area contributed by atoms with Gasteiger partial charge < -0.3 is 4.74 Å². The largest absolute Gasteiger partial charge is 0.383 e. The molecule has 0 N–H and O–H groups in total. The highest BCUT2D eigenvalue weighted by Gasteiger charge is 2.43. The van der Waals surface area contributed by atoms with Crippen LogP contribution in [-0.4, -0.2) is 47.5 Å². The Kier molecular flexibility index (Phi) is 7.73. The molecule has 0 aromatic heterocycles. The predicted molar refractivity (Wildman–Crippen MR) is 134 cm³/mol. The average Bonchev–Trinajstić information content (AvgIpc) is 3.38. The number of hydrogen-bond donors (Lipinski definition) is 0. The number of nitrogens with zero attached hydrogens (tertiary/aromatic N) is 4. The third-order valence-corrected chi connectivity index (χ3v) is 7.21.